The zero-order chi connectivity index (χ0) is 11.3. The van der Waals surface area contributed by atoms with Gasteiger partial charge in [0.05, 0.1) is 12.7 Å². The molecule has 2 nitrogen and oxygen atoms in total. The summed E-state index contributed by atoms with van der Waals surface area (Å²) in [6.45, 7) is 3.53. The van der Waals surface area contributed by atoms with Gasteiger partial charge in [0.2, 0.25) is 0 Å². The van der Waals surface area contributed by atoms with Crippen LogP contribution in [-0.2, 0) is 0 Å². The number of halogens is 1. The van der Waals surface area contributed by atoms with E-state index in [2.05, 4.69) is 6.58 Å². The standard InChI is InChI=1S/C12H13FO2/c1-3-4-8-11(14)9-6-5-7-10(13)12(9)15-2/h3,5-7H,1,4,8H2,2H3. The van der Waals surface area contributed by atoms with Gasteiger partial charge in [-0.05, 0) is 18.6 Å². The lowest BCUT2D eigenvalue weighted by Gasteiger charge is -2.07. The van der Waals surface area contributed by atoms with Crippen molar-refractivity contribution in [1.82, 2.24) is 0 Å². The molecule has 0 saturated heterocycles. The molecule has 0 N–H and O–H groups in total. The average Bonchev–Trinajstić information content (AvgIpc) is 2.25. The fourth-order valence-corrected chi connectivity index (χ4v) is 1.30. The second kappa shape index (κ2) is 5.29. The molecule has 0 atom stereocenters. The Morgan fingerprint density at radius 2 is 2.33 bits per heavy atom. The highest BCUT2D eigenvalue weighted by Crippen LogP contribution is 2.23. The van der Waals surface area contributed by atoms with Crippen molar-refractivity contribution in [3.63, 3.8) is 0 Å². The van der Waals surface area contributed by atoms with E-state index in [-0.39, 0.29) is 11.5 Å². The lowest BCUT2D eigenvalue weighted by Crippen LogP contribution is -2.03. The van der Waals surface area contributed by atoms with Crippen molar-refractivity contribution in [1.29, 1.82) is 0 Å². The Morgan fingerprint density at radius 3 is 2.93 bits per heavy atom. The Labute approximate surface area is 88.4 Å². The monoisotopic (exact) mass is 208 g/mol. The van der Waals surface area contributed by atoms with Gasteiger partial charge in [0.1, 0.15) is 0 Å². The molecule has 0 unspecified atom stereocenters. The van der Waals surface area contributed by atoms with Crippen molar-refractivity contribution in [2.45, 2.75) is 12.8 Å². The smallest absolute Gasteiger partial charge is 0.167 e. The van der Waals surface area contributed by atoms with Crippen LogP contribution in [0.2, 0.25) is 0 Å². The van der Waals surface area contributed by atoms with Crippen LogP contribution in [0.4, 0.5) is 4.39 Å². The summed E-state index contributed by atoms with van der Waals surface area (Å²) in [6.07, 6.45) is 2.56. The quantitative estimate of drug-likeness (QED) is 0.549. The van der Waals surface area contributed by atoms with Crippen LogP contribution in [0, 0.1) is 5.82 Å². The van der Waals surface area contributed by atoms with E-state index in [9.17, 15) is 9.18 Å². The molecule has 0 spiro atoms. The fourth-order valence-electron chi connectivity index (χ4n) is 1.30. The van der Waals surface area contributed by atoms with E-state index in [1.54, 1.807) is 12.1 Å². The molecule has 0 aliphatic rings. The Kier molecular flexibility index (Phi) is 4.03. The Hall–Kier alpha value is -1.64. The van der Waals surface area contributed by atoms with E-state index in [1.807, 2.05) is 0 Å². The first kappa shape index (κ1) is 11.4. The molecule has 0 amide bonds. The molecule has 0 aliphatic heterocycles. The second-order valence-electron chi connectivity index (χ2n) is 3.07. The molecule has 1 rings (SSSR count). The van der Waals surface area contributed by atoms with Crippen LogP contribution >= 0.6 is 0 Å². The first-order valence-corrected chi connectivity index (χ1v) is 4.67. The lowest BCUT2D eigenvalue weighted by molar-refractivity contribution is 0.0980. The third-order valence-corrected chi connectivity index (χ3v) is 2.05. The van der Waals surface area contributed by atoms with Gasteiger partial charge in [-0.3, -0.25) is 4.79 Å². The molecule has 0 saturated carbocycles. The number of para-hydroxylation sites is 1. The molecule has 0 aromatic heterocycles. The highest BCUT2D eigenvalue weighted by molar-refractivity contribution is 5.98. The van der Waals surface area contributed by atoms with Crippen LogP contribution in [0.5, 0.6) is 5.75 Å². The number of methoxy groups -OCH3 is 1. The third kappa shape index (κ3) is 2.65. The van der Waals surface area contributed by atoms with Gasteiger partial charge < -0.3 is 4.74 Å². The number of ether oxygens (including phenoxy) is 1. The van der Waals surface area contributed by atoms with Crippen LogP contribution in [0.15, 0.2) is 30.9 Å². The van der Waals surface area contributed by atoms with Gasteiger partial charge in [0, 0.05) is 6.42 Å². The summed E-state index contributed by atoms with van der Waals surface area (Å²) in [6, 6.07) is 4.33. The summed E-state index contributed by atoms with van der Waals surface area (Å²) in [4.78, 5) is 11.6. The lowest BCUT2D eigenvalue weighted by atomic mass is 10.1. The first-order valence-electron chi connectivity index (χ1n) is 4.67. The Morgan fingerprint density at radius 1 is 1.60 bits per heavy atom. The molecule has 0 heterocycles. The van der Waals surface area contributed by atoms with Crippen LogP contribution in [0.1, 0.15) is 23.2 Å². The number of hydrogen-bond acceptors (Lipinski definition) is 2. The third-order valence-electron chi connectivity index (χ3n) is 2.05. The number of benzene rings is 1. The minimum atomic E-state index is -0.512. The molecule has 1 aromatic rings. The predicted octanol–water partition coefficient (Wildman–Crippen LogP) is 2.98. The number of allylic oxidation sites excluding steroid dienone is 1. The summed E-state index contributed by atoms with van der Waals surface area (Å²) < 4.78 is 18.1. The molecule has 3 heteroatoms. The number of rotatable bonds is 5. The summed E-state index contributed by atoms with van der Waals surface area (Å²) in [5, 5.41) is 0. The Balaban J connectivity index is 2.97. The number of hydrogen-bond donors (Lipinski definition) is 0. The van der Waals surface area contributed by atoms with Crippen molar-refractivity contribution in [3.8, 4) is 5.75 Å². The molecular formula is C12H13FO2. The van der Waals surface area contributed by atoms with Gasteiger partial charge in [-0.1, -0.05) is 12.1 Å². The Bertz CT molecular complexity index is 372. The van der Waals surface area contributed by atoms with E-state index < -0.39 is 5.82 Å². The molecule has 0 radical (unpaired) electrons. The zero-order valence-electron chi connectivity index (χ0n) is 8.63. The van der Waals surface area contributed by atoms with E-state index in [0.29, 0.717) is 18.4 Å². The van der Waals surface area contributed by atoms with E-state index >= 15 is 0 Å². The second-order valence-corrected chi connectivity index (χ2v) is 3.07. The highest BCUT2D eigenvalue weighted by atomic mass is 19.1. The molecule has 0 aliphatic carbocycles. The topological polar surface area (TPSA) is 26.3 Å². The van der Waals surface area contributed by atoms with Crippen molar-refractivity contribution in [2.24, 2.45) is 0 Å². The summed E-state index contributed by atoms with van der Waals surface area (Å²) >= 11 is 0. The van der Waals surface area contributed by atoms with Crippen LogP contribution in [0.25, 0.3) is 0 Å². The summed E-state index contributed by atoms with van der Waals surface area (Å²) in [5.41, 5.74) is 0.291. The molecule has 80 valence electrons. The van der Waals surface area contributed by atoms with Gasteiger partial charge in [-0.2, -0.15) is 0 Å². The number of Topliss-reactive ketones (excluding diaryl/α,β-unsaturated/α-hetero) is 1. The minimum absolute atomic E-state index is 0.0200. The van der Waals surface area contributed by atoms with Gasteiger partial charge in [-0.15, -0.1) is 6.58 Å². The summed E-state index contributed by atoms with van der Waals surface area (Å²) in [7, 11) is 1.35. The van der Waals surface area contributed by atoms with Crippen LogP contribution in [0.3, 0.4) is 0 Å². The normalized spacial score (nSPS) is 9.73. The SMILES string of the molecule is C=CCCC(=O)c1cccc(F)c1OC. The van der Waals surface area contributed by atoms with Crippen molar-refractivity contribution in [2.75, 3.05) is 7.11 Å². The van der Waals surface area contributed by atoms with Gasteiger partial charge in [-0.25, -0.2) is 4.39 Å². The van der Waals surface area contributed by atoms with Gasteiger partial charge in [0.15, 0.2) is 17.3 Å². The molecule has 0 fully saturated rings. The van der Waals surface area contributed by atoms with E-state index in [4.69, 9.17) is 4.74 Å². The van der Waals surface area contributed by atoms with Gasteiger partial charge >= 0.3 is 0 Å². The zero-order valence-corrected chi connectivity index (χ0v) is 8.63. The molecule has 1 aromatic carbocycles. The highest BCUT2D eigenvalue weighted by Gasteiger charge is 2.14. The molecule has 15 heavy (non-hydrogen) atoms. The van der Waals surface area contributed by atoms with Crippen LogP contribution < -0.4 is 4.74 Å². The maximum atomic E-state index is 13.2. The predicted molar refractivity (Wildman–Crippen MR) is 56.7 cm³/mol. The van der Waals surface area contributed by atoms with Crippen molar-refractivity contribution < 1.29 is 13.9 Å². The van der Waals surface area contributed by atoms with Crippen molar-refractivity contribution >= 4 is 5.78 Å². The maximum Gasteiger partial charge on any atom is 0.167 e. The first-order chi connectivity index (χ1) is 7.20. The van der Waals surface area contributed by atoms with Crippen LogP contribution in [-0.4, -0.2) is 12.9 Å². The van der Waals surface area contributed by atoms with Crippen molar-refractivity contribution in [3.05, 3.63) is 42.2 Å². The fraction of sp³-hybridized carbons (Fsp3) is 0.250. The number of ketones is 1. The largest absolute Gasteiger partial charge is 0.493 e. The molecule has 0 bridgehead atoms. The average molecular weight is 208 g/mol. The number of carbonyl (C=O) groups excluding carboxylic acids is 1. The van der Waals surface area contributed by atoms with E-state index in [1.165, 1.54) is 19.2 Å². The van der Waals surface area contributed by atoms with E-state index in [0.717, 1.165) is 0 Å². The van der Waals surface area contributed by atoms with Gasteiger partial charge in [0.25, 0.3) is 0 Å². The summed E-state index contributed by atoms with van der Waals surface area (Å²) in [5.74, 6) is -0.625. The minimum Gasteiger partial charge on any atom is -0.493 e. The maximum absolute atomic E-state index is 13.2. The number of carbonyl (C=O) groups is 1. The molecular weight excluding hydrogens is 195 g/mol.